The van der Waals surface area contributed by atoms with E-state index in [1.54, 1.807) is 31.4 Å². The topological polar surface area (TPSA) is 81.5 Å². The Kier molecular flexibility index (Phi) is 3.92. The molecule has 0 unspecified atom stereocenters. The largest absolute Gasteiger partial charge is 0.497 e. The molecule has 0 spiro atoms. The van der Waals surface area contributed by atoms with Crippen LogP contribution in [0.4, 0.5) is 0 Å². The maximum absolute atomic E-state index is 10.6. The first-order valence-electron chi connectivity index (χ1n) is 5.50. The number of hydrogen-bond acceptors (Lipinski definition) is 5. The van der Waals surface area contributed by atoms with Gasteiger partial charge < -0.3 is 14.6 Å². The average Bonchev–Trinajstić information content (AvgIpc) is 2.46. The molecule has 98 valence electrons. The third-order valence-corrected chi connectivity index (χ3v) is 2.37. The quantitative estimate of drug-likeness (QED) is 0.882. The summed E-state index contributed by atoms with van der Waals surface area (Å²) in [4.78, 5) is 18.3. The maximum Gasteiger partial charge on any atom is 0.356 e. The van der Waals surface area contributed by atoms with Gasteiger partial charge in [-0.15, -0.1) is 0 Å². The Hall–Kier alpha value is -2.63. The summed E-state index contributed by atoms with van der Waals surface area (Å²) in [5.74, 6) is 0.318. The van der Waals surface area contributed by atoms with Crippen LogP contribution in [0.25, 0.3) is 0 Å². The molecule has 1 heterocycles. The summed E-state index contributed by atoms with van der Waals surface area (Å²) in [6, 6.07) is 7.12. The monoisotopic (exact) mass is 260 g/mol. The summed E-state index contributed by atoms with van der Waals surface area (Å²) in [7, 11) is 1.59. The highest BCUT2D eigenvalue weighted by Crippen LogP contribution is 2.17. The Morgan fingerprint density at radius 1 is 1.16 bits per heavy atom. The third-order valence-electron chi connectivity index (χ3n) is 2.37. The van der Waals surface area contributed by atoms with Gasteiger partial charge in [-0.2, -0.15) is 0 Å². The van der Waals surface area contributed by atoms with E-state index in [1.165, 1.54) is 12.4 Å². The molecule has 1 aromatic heterocycles. The molecule has 0 aliphatic rings. The van der Waals surface area contributed by atoms with Gasteiger partial charge in [0.1, 0.15) is 18.1 Å². The first-order chi connectivity index (χ1) is 9.19. The second-order valence-corrected chi connectivity index (χ2v) is 3.66. The number of carboxylic acid groups (broad SMARTS) is 1. The molecule has 6 nitrogen and oxygen atoms in total. The highest BCUT2D eigenvalue weighted by atomic mass is 16.5. The zero-order valence-electron chi connectivity index (χ0n) is 10.2. The summed E-state index contributed by atoms with van der Waals surface area (Å²) in [5, 5.41) is 8.69. The van der Waals surface area contributed by atoms with E-state index in [4.69, 9.17) is 14.6 Å². The smallest absolute Gasteiger partial charge is 0.356 e. The van der Waals surface area contributed by atoms with Crippen LogP contribution in [0.2, 0.25) is 0 Å². The van der Waals surface area contributed by atoms with Gasteiger partial charge in [-0.25, -0.2) is 9.78 Å². The fraction of sp³-hybridized carbons (Fsp3) is 0.154. The van der Waals surface area contributed by atoms with Gasteiger partial charge in [0.2, 0.25) is 0 Å². The maximum atomic E-state index is 10.6. The summed E-state index contributed by atoms with van der Waals surface area (Å²) < 4.78 is 10.5. The van der Waals surface area contributed by atoms with Crippen molar-refractivity contribution in [3.63, 3.8) is 0 Å². The Morgan fingerprint density at radius 2 is 1.84 bits per heavy atom. The predicted octanol–water partition coefficient (Wildman–Crippen LogP) is 1.76. The van der Waals surface area contributed by atoms with Gasteiger partial charge in [0.25, 0.3) is 0 Å². The lowest BCUT2D eigenvalue weighted by molar-refractivity contribution is 0.0689. The predicted molar refractivity (Wildman–Crippen MR) is 66.3 cm³/mol. The van der Waals surface area contributed by atoms with Crippen LogP contribution < -0.4 is 9.47 Å². The van der Waals surface area contributed by atoms with Gasteiger partial charge in [-0.1, -0.05) is 0 Å². The van der Waals surface area contributed by atoms with Gasteiger partial charge in [0, 0.05) is 0 Å². The summed E-state index contributed by atoms with van der Waals surface area (Å²) in [6.07, 6.45) is 2.59. The van der Waals surface area contributed by atoms with E-state index in [9.17, 15) is 4.79 Å². The van der Waals surface area contributed by atoms with Crippen LogP contribution in [0.5, 0.6) is 11.5 Å². The van der Waals surface area contributed by atoms with Crippen LogP contribution in [0.1, 0.15) is 16.2 Å². The lowest BCUT2D eigenvalue weighted by Crippen LogP contribution is -2.04. The number of nitrogens with zero attached hydrogens (tertiary/aromatic N) is 2. The molecule has 0 aliphatic carbocycles. The summed E-state index contributed by atoms with van der Waals surface area (Å²) in [6.45, 7) is 0.221. The Labute approximate surface area is 109 Å². The van der Waals surface area contributed by atoms with E-state index in [-0.39, 0.29) is 12.3 Å². The molecule has 0 aliphatic heterocycles. The second kappa shape index (κ2) is 5.81. The molecule has 0 saturated carbocycles. The van der Waals surface area contributed by atoms with Crippen molar-refractivity contribution in [3.05, 3.63) is 48.0 Å². The van der Waals surface area contributed by atoms with Gasteiger partial charge >= 0.3 is 5.97 Å². The summed E-state index contributed by atoms with van der Waals surface area (Å²) in [5.41, 5.74) is 0.467. The molecular formula is C13H12N2O4. The van der Waals surface area contributed by atoms with Crippen LogP contribution in [0, 0.1) is 0 Å². The highest BCUT2D eigenvalue weighted by Gasteiger charge is 2.05. The van der Waals surface area contributed by atoms with Crippen molar-refractivity contribution in [1.29, 1.82) is 0 Å². The van der Waals surface area contributed by atoms with E-state index >= 15 is 0 Å². The zero-order chi connectivity index (χ0) is 13.7. The SMILES string of the molecule is COc1ccc(OCc2cnc(C(=O)O)cn2)cc1. The lowest BCUT2D eigenvalue weighted by atomic mass is 10.3. The molecule has 0 saturated heterocycles. The molecule has 1 N–H and O–H groups in total. The normalized spacial score (nSPS) is 9.95. The number of benzene rings is 1. The van der Waals surface area contributed by atoms with Gasteiger partial charge in [0.15, 0.2) is 5.69 Å². The first kappa shape index (κ1) is 12.8. The molecule has 2 rings (SSSR count). The molecule has 2 aromatic rings. The second-order valence-electron chi connectivity index (χ2n) is 3.66. The van der Waals surface area contributed by atoms with Crippen molar-refractivity contribution in [2.75, 3.05) is 7.11 Å². The number of aromatic carboxylic acids is 1. The number of carboxylic acids is 1. The average molecular weight is 260 g/mol. The van der Waals surface area contributed by atoms with E-state index in [0.29, 0.717) is 11.4 Å². The minimum atomic E-state index is -1.10. The van der Waals surface area contributed by atoms with Gasteiger partial charge in [0.05, 0.1) is 25.2 Å². The fourth-order valence-electron chi connectivity index (χ4n) is 1.37. The first-order valence-corrected chi connectivity index (χ1v) is 5.50. The number of aromatic nitrogens is 2. The lowest BCUT2D eigenvalue weighted by Gasteiger charge is -2.06. The van der Waals surface area contributed by atoms with Crippen LogP contribution in [-0.4, -0.2) is 28.2 Å². The zero-order valence-corrected chi connectivity index (χ0v) is 10.2. The molecule has 0 fully saturated rings. The molecular weight excluding hydrogens is 248 g/mol. The number of hydrogen-bond donors (Lipinski definition) is 1. The van der Waals surface area contributed by atoms with Crippen molar-refractivity contribution in [2.45, 2.75) is 6.61 Å². The Balaban J connectivity index is 1.95. The van der Waals surface area contributed by atoms with Gasteiger partial charge in [-0.05, 0) is 24.3 Å². The standard InChI is InChI=1S/C13H12N2O4/c1-18-10-2-4-11(5-3-10)19-8-9-6-15-12(7-14-9)13(16)17/h2-7H,8H2,1H3,(H,16,17). The minimum Gasteiger partial charge on any atom is -0.497 e. The number of carbonyl (C=O) groups is 1. The van der Waals surface area contributed by atoms with Gasteiger partial charge in [-0.3, -0.25) is 4.98 Å². The van der Waals surface area contributed by atoms with E-state index < -0.39 is 5.97 Å². The van der Waals surface area contributed by atoms with Crippen molar-refractivity contribution < 1.29 is 19.4 Å². The molecule has 0 atom stereocenters. The van der Waals surface area contributed by atoms with Crippen LogP contribution in [0.15, 0.2) is 36.7 Å². The minimum absolute atomic E-state index is 0.0896. The fourth-order valence-corrected chi connectivity index (χ4v) is 1.37. The Morgan fingerprint density at radius 3 is 2.37 bits per heavy atom. The van der Waals surface area contributed by atoms with E-state index in [2.05, 4.69) is 9.97 Å². The Bertz CT molecular complexity index is 552. The van der Waals surface area contributed by atoms with Crippen LogP contribution in [0.3, 0.4) is 0 Å². The van der Waals surface area contributed by atoms with Crippen molar-refractivity contribution in [1.82, 2.24) is 9.97 Å². The summed E-state index contributed by atoms with van der Waals surface area (Å²) >= 11 is 0. The third kappa shape index (κ3) is 3.41. The molecule has 1 aromatic carbocycles. The molecule has 0 amide bonds. The van der Waals surface area contributed by atoms with E-state index in [1.807, 2.05) is 0 Å². The van der Waals surface area contributed by atoms with Crippen molar-refractivity contribution in [2.24, 2.45) is 0 Å². The number of methoxy groups -OCH3 is 1. The molecule has 19 heavy (non-hydrogen) atoms. The highest BCUT2D eigenvalue weighted by molar-refractivity contribution is 5.84. The number of ether oxygens (including phenoxy) is 2. The van der Waals surface area contributed by atoms with Crippen LogP contribution >= 0.6 is 0 Å². The molecule has 0 bridgehead atoms. The molecule has 6 heteroatoms. The van der Waals surface area contributed by atoms with Crippen molar-refractivity contribution in [3.8, 4) is 11.5 Å². The van der Waals surface area contributed by atoms with Crippen molar-refractivity contribution >= 4 is 5.97 Å². The van der Waals surface area contributed by atoms with Crippen LogP contribution in [-0.2, 0) is 6.61 Å². The molecule has 0 radical (unpaired) electrons. The number of rotatable bonds is 5. The van der Waals surface area contributed by atoms with E-state index in [0.717, 1.165) is 5.75 Å².